The molecule has 8 heteroatoms. The summed E-state index contributed by atoms with van der Waals surface area (Å²) in [6.07, 6.45) is 16.4. The number of carbonyl (C=O) groups is 1. The first-order chi connectivity index (χ1) is 24.3. The van der Waals surface area contributed by atoms with Gasteiger partial charge >= 0.3 is 5.97 Å². The van der Waals surface area contributed by atoms with Gasteiger partial charge < -0.3 is 4.74 Å². The molecule has 2 aromatic carbocycles. The Kier molecular flexibility index (Phi) is 11.1. The lowest BCUT2D eigenvalue weighted by Crippen LogP contribution is -2.51. The first kappa shape index (κ1) is 37.2. The van der Waals surface area contributed by atoms with Gasteiger partial charge in [-0.1, -0.05) is 89.8 Å². The highest BCUT2D eigenvalue weighted by atomic mass is 16.6. The van der Waals surface area contributed by atoms with Crippen molar-refractivity contribution in [3.63, 3.8) is 0 Å². The van der Waals surface area contributed by atoms with Gasteiger partial charge in [0.1, 0.15) is 6.10 Å². The molecule has 8 nitrogen and oxygen atoms in total. The fourth-order valence-corrected chi connectivity index (χ4v) is 11.3. The van der Waals surface area contributed by atoms with Crippen LogP contribution in [-0.4, -0.2) is 21.9 Å². The Hall–Kier alpha value is -3.55. The van der Waals surface area contributed by atoms with E-state index < -0.39 is 15.8 Å². The molecule has 0 bridgehead atoms. The van der Waals surface area contributed by atoms with Crippen LogP contribution in [0.5, 0.6) is 0 Å². The standard InChI is InChI=1S/C43H58N2O6/c1-28(2)7-6-8-29(3)38-19-20-39-37-18-13-33-27-36(21-23-42(33,4)40(37)22-24-43(38,39)5)51-41(46)32(25-30-9-14-34(15-10-30)44(47)48)26-31-11-16-35(17-12-31)45(49)50/h9-17,28-29,32,36-40H,6-8,18-27H2,1-5H3/t29-,36?,37+,38-,39+,40+,42+,43-/m1/s1. The maximum absolute atomic E-state index is 13.9. The zero-order chi connectivity index (χ0) is 36.5. The van der Waals surface area contributed by atoms with Crippen LogP contribution in [0.4, 0.5) is 11.4 Å². The topological polar surface area (TPSA) is 113 Å². The van der Waals surface area contributed by atoms with Crippen LogP contribution in [-0.2, 0) is 22.4 Å². The molecular formula is C43H58N2O6. The molecule has 1 unspecified atom stereocenters. The van der Waals surface area contributed by atoms with Crippen LogP contribution in [0.2, 0.25) is 0 Å². The van der Waals surface area contributed by atoms with Gasteiger partial charge in [-0.25, -0.2) is 0 Å². The summed E-state index contributed by atoms with van der Waals surface area (Å²) in [6.45, 7) is 12.4. The minimum absolute atomic E-state index is 0.00324. The van der Waals surface area contributed by atoms with Crippen molar-refractivity contribution in [2.45, 2.75) is 124 Å². The predicted octanol–water partition coefficient (Wildman–Crippen LogP) is 10.9. The molecule has 6 rings (SSSR count). The first-order valence-electron chi connectivity index (χ1n) is 19.6. The molecule has 276 valence electrons. The molecule has 3 fully saturated rings. The van der Waals surface area contributed by atoms with Crippen LogP contribution in [0.25, 0.3) is 0 Å². The molecule has 0 spiro atoms. The van der Waals surface area contributed by atoms with Crippen molar-refractivity contribution in [1.29, 1.82) is 0 Å². The Balaban J connectivity index is 1.13. The number of allylic oxidation sites excluding steroid dienone is 1. The molecule has 0 radical (unpaired) electrons. The molecule has 8 atom stereocenters. The van der Waals surface area contributed by atoms with Crippen molar-refractivity contribution in [1.82, 2.24) is 0 Å². The summed E-state index contributed by atoms with van der Waals surface area (Å²) in [7, 11) is 0. The summed E-state index contributed by atoms with van der Waals surface area (Å²) >= 11 is 0. The number of carbonyl (C=O) groups excluding carboxylic acids is 1. The van der Waals surface area contributed by atoms with Gasteiger partial charge in [0, 0.05) is 30.7 Å². The Morgan fingerprint density at radius 2 is 1.43 bits per heavy atom. The van der Waals surface area contributed by atoms with E-state index in [1.165, 1.54) is 74.8 Å². The van der Waals surface area contributed by atoms with E-state index in [1.54, 1.807) is 24.3 Å². The van der Waals surface area contributed by atoms with Crippen LogP contribution in [0.15, 0.2) is 60.2 Å². The molecule has 3 saturated carbocycles. The Morgan fingerprint density at radius 1 is 0.824 bits per heavy atom. The minimum atomic E-state index is -0.523. The second-order valence-electron chi connectivity index (χ2n) is 17.5. The first-order valence-corrected chi connectivity index (χ1v) is 19.6. The third kappa shape index (κ3) is 7.80. The Labute approximate surface area is 304 Å². The van der Waals surface area contributed by atoms with E-state index >= 15 is 0 Å². The van der Waals surface area contributed by atoms with Crippen LogP contribution < -0.4 is 0 Å². The largest absolute Gasteiger partial charge is 0.462 e. The third-order valence-corrected chi connectivity index (χ3v) is 14.1. The van der Waals surface area contributed by atoms with Crippen molar-refractivity contribution in [3.8, 4) is 0 Å². The van der Waals surface area contributed by atoms with Crippen LogP contribution in [0.1, 0.15) is 116 Å². The molecular weight excluding hydrogens is 640 g/mol. The highest BCUT2D eigenvalue weighted by Gasteiger charge is 2.59. The SMILES string of the molecule is CC(C)CCC[C@@H](C)[C@H]1CC[C@H]2[C@@H]3CC=C4CC(OC(=O)C(Cc5ccc([N+](=O)[O-])cc5)Cc5ccc([N+](=O)[O-])cc5)CC[C@]4(C)[C@H]3CC[C@]12C. The highest BCUT2D eigenvalue weighted by Crippen LogP contribution is 2.67. The lowest BCUT2D eigenvalue weighted by atomic mass is 9.47. The average Bonchev–Trinajstić information content (AvgIpc) is 3.45. The molecule has 0 aliphatic heterocycles. The van der Waals surface area contributed by atoms with Gasteiger partial charge in [0.2, 0.25) is 0 Å². The molecule has 4 aliphatic rings. The Morgan fingerprint density at radius 3 is 2.00 bits per heavy atom. The molecule has 0 heterocycles. The smallest absolute Gasteiger partial charge is 0.309 e. The summed E-state index contributed by atoms with van der Waals surface area (Å²) in [6, 6.07) is 12.6. The van der Waals surface area contributed by atoms with E-state index in [2.05, 4.69) is 40.7 Å². The minimum Gasteiger partial charge on any atom is -0.462 e. The number of non-ortho nitro benzene ring substituents is 2. The summed E-state index contributed by atoms with van der Waals surface area (Å²) < 4.78 is 6.33. The van der Waals surface area contributed by atoms with E-state index in [0.29, 0.717) is 24.2 Å². The molecule has 0 N–H and O–H groups in total. The monoisotopic (exact) mass is 698 g/mol. The van der Waals surface area contributed by atoms with Gasteiger partial charge in [-0.15, -0.1) is 0 Å². The number of fused-ring (bicyclic) bond motifs is 5. The van der Waals surface area contributed by atoms with Gasteiger partial charge in [0.15, 0.2) is 0 Å². The van der Waals surface area contributed by atoms with Crippen molar-refractivity contribution >= 4 is 17.3 Å². The number of nitrogens with zero attached hydrogens (tertiary/aromatic N) is 2. The fourth-order valence-electron chi connectivity index (χ4n) is 11.3. The number of hydrogen-bond acceptors (Lipinski definition) is 6. The maximum Gasteiger partial charge on any atom is 0.309 e. The van der Waals surface area contributed by atoms with Crippen molar-refractivity contribution in [2.24, 2.45) is 52.3 Å². The van der Waals surface area contributed by atoms with E-state index in [0.717, 1.165) is 66.4 Å². The second kappa shape index (κ2) is 15.2. The van der Waals surface area contributed by atoms with E-state index in [9.17, 15) is 25.0 Å². The number of benzene rings is 2. The summed E-state index contributed by atoms with van der Waals surface area (Å²) in [5, 5.41) is 22.4. The number of esters is 1. The Bertz CT molecular complexity index is 1540. The van der Waals surface area contributed by atoms with Crippen LogP contribution in [0.3, 0.4) is 0 Å². The van der Waals surface area contributed by atoms with Gasteiger partial charge in [0.25, 0.3) is 11.4 Å². The number of nitro groups is 2. The van der Waals surface area contributed by atoms with E-state index in [1.807, 2.05) is 0 Å². The van der Waals surface area contributed by atoms with Gasteiger partial charge in [-0.05, 0) is 115 Å². The van der Waals surface area contributed by atoms with Crippen LogP contribution >= 0.6 is 0 Å². The maximum atomic E-state index is 13.9. The van der Waals surface area contributed by atoms with E-state index in [4.69, 9.17) is 4.74 Å². The highest BCUT2D eigenvalue weighted by molar-refractivity contribution is 5.73. The van der Waals surface area contributed by atoms with E-state index in [-0.39, 0.29) is 28.9 Å². The predicted molar refractivity (Wildman–Crippen MR) is 200 cm³/mol. The number of nitro benzene ring substituents is 2. The number of rotatable bonds is 13. The normalized spacial score (nSPS) is 30.6. The van der Waals surface area contributed by atoms with Crippen molar-refractivity contribution in [2.75, 3.05) is 0 Å². The zero-order valence-electron chi connectivity index (χ0n) is 31.4. The van der Waals surface area contributed by atoms with Crippen molar-refractivity contribution < 1.29 is 19.4 Å². The summed E-state index contributed by atoms with van der Waals surface area (Å²) in [4.78, 5) is 35.5. The zero-order valence-corrected chi connectivity index (χ0v) is 31.4. The molecule has 2 aromatic rings. The van der Waals surface area contributed by atoms with Gasteiger partial charge in [-0.3, -0.25) is 25.0 Å². The van der Waals surface area contributed by atoms with Gasteiger partial charge in [0.05, 0.1) is 15.8 Å². The molecule has 0 amide bonds. The quantitative estimate of drug-likeness (QED) is 0.0890. The summed E-state index contributed by atoms with van der Waals surface area (Å²) in [5.41, 5.74) is 3.72. The lowest BCUT2D eigenvalue weighted by molar-refractivity contribution is -0.385. The fraction of sp³-hybridized carbons (Fsp3) is 0.651. The average molecular weight is 699 g/mol. The van der Waals surface area contributed by atoms with Crippen molar-refractivity contribution in [3.05, 3.63) is 91.5 Å². The van der Waals surface area contributed by atoms with Crippen LogP contribution in [0, 0.1) is 72.5 Å². The number of hydrogen-bond donors (Lipinski definition) is 0. The second-order valence-corrected chi connectivity index (χ2v) is 17.5. The van der Waals surface area contributed by atoms with Gasteiger partial charge in [-0.2, -0.15) is 0 Å². The summed E-state index contributed by atoms with van der Waals surface area (Å²) in [5.74, 6) is 3.88. The number of ether oxygens (including phenoxy) is 1. The molecule has 0 aromatic heterocycles. The molecule has 4 aliphatic carbocycles. The third-order valence-electron chi connectivity index (χ3n) is 14.1. The lowest BCUT2D eigenvalue weighted by Gasteiger charge is -2.58. The molecule has 51 heavy (non-hydrogen) atoms. The molecule has 0 saturated heterocycles.